The van der Waals surface area contributed by atoms with Gasteiger partial charge in [-0.15, -0.1) is 0 Å². The molecule has 0 aliphatic carbocycles. The first-order valence-electron chi connectivity index (χ1n) is 12.2. The molecule has 37 heavy (non-hydrogen) atoms. The van der Waals surface area contributed by atoms with Gasteiger partial charge in [0.1, 0.15) is 0 Å². The van der Waals surface area contributed by atoms with Crippen LogP contribution in [0.15, 0.2) is 127 Å². The van der Waals surface area contributed by atoms with Crippen LogP contribution >= 0.6 is 0 Å². The smallest absolute Gasteiger partial charge is 0.277 e. The third-order valence-corrected chi connectivity index (χ3v) is 7.01. The molecule has 5 nitrogen and oxygen atoms in total. The Balaban J connectivity index is 1.77. The highest BCUT2D eigenvalue weighted by atomic mass is 16.6. The molecule has 2 heterocycles. The van der Waals surface area contributed by atoms with Gasteiger partial charge in [-0.1, -0.05) is 78.9 Å². The van der Waals surface area contributed by atoms with Gasteiger partial charge in [-0.3, -0.25) is 10.1 Å². The first kappa shape index (κ1) is 21.1. The van der Waals surface area contributed by atoms with E-state index in [0.717, 1.165) is 49.8 Å². The average molecular weight is 480 g/mol. The van der Waals surface area contributed by atoms with E-state index in [1.165, 1.54) is 0 Å². The quantitative estimate of drug-likeness (QED) is 0.188. The summed E-state index contributed by atoms with van der Waals surface area (Å²) in [5, 5.41) is 14.1. The SMILES string of the molecule is O=[N+]([O-])c1ccccc1-c1cccc2c1c1c(c3ccccc3n1-c1ccccc1)n2-c1ccccc1. The van der Waals surface area contributed by atoms with Crippen LogP contribution in [0, 0.1) is 10.1 Å². The minimum atomic E-state index is -0.299. The number of rotatable bonds is 4. The number of para-hydroxylation sites is 4. The molecule has 0 N–H and O–H groups in total. The van der Waals surface area contributed by atoms with Crippen molar-refractivity contribution in [2.24, 2.45) is 0 Å². The second kappa shape index (κ2) is 8.21. The van der Waals surface area contributed by atoms with Crippen LogP contribution in [-0.2, 0) is 0 Å². The van der Waals surface area contributed by atoms with Gasteiger partial charge < -0.3 is 9.13 Å². The third-order valence-electron chi connectivity index (χ3n) is 7.01. The van der Waals surface area contributed by atoms with Gasteiger partial charge >= 0.3 is 0 Å². The van der Waals surface area contributed by atoms with E-state index in [9.17, 15) is 10.1 Å². The Bertz CT molecular complexity index is 1910. The number of nitrogens with zero attached hydrogens (tertiary/aromatic N) is 3. The minimum Gasteiger partial charge on any atom is -0.307 e. The summed E-state index contributed by atoms with van der Waals surface area (Å²) in [6.07, 6.45) is 0. The van der Waals surface area contributed by atoms with Crippen LogP contribution in [0.1, 0.15) is 0 Å². The molecule has 0 aliphatic rings. The number of nitro groups is 1. The maximum Gasteiger partial charge on any atom is 0.277 e. The first-order chi connectivity index (χ1) is 18.2. The molecule has 0 spiro atoms. The standard InChI is InChI=1S/C32H21N3O2/c36-35(37)28-20-10-7-16-24(28)25-18-11-21-29-30(25)32-31(34(29)23-14-5-2-6-15-23)26-17-8-9-19-27(26)33(32)22-12-3-1-4-13-22/h1-21H. The van der Waals surface area contributed by atoms with Crippen LogP contribution in [-0.4, -0.2) is 14.1 Å². The lowest BCUT2D eigenvalue weighted by Gasteiger charge is -2.11. The van der Waals surface area contributed by atoms with Gasteiger partial charge in [-0.25, -0.2) is 0 Å². The molecule has 0 saturated heterocycles. The number of hydrogen-bond donors (Lipinski definition) is 0. The van der Waals surface area contributed by atoms with Crippen LogP contribution in [0.3, 0.4) is 0 Å². The Morgan fingerprint density at radius 3 is 1.76 bits per heavy atom. The Labute approximate surface area is 212 Å². The van der Waals surface area contributed by atoms with Crippen LogP contribution in [0.25, 0.3) is 55.3 Å². The molecule has 0 radical (unpaired) electrons. The largest absolute Gasteiger partial charge is 0.307 e. The van der Waals surface area contributed by atoms with E-state index in [2.05, 4.69) is 63.7 Å². The molecule has 0 aliphatic heterocycles. The summed E-state index contributed by atoms with van der Waals surface area (Å²) in [4.78, 5) is 11.7. The monoisotopic (exact) mass is 479 g/mol. The van der Waals surface area contributed by atoms with Crippen molar-refractivity contribution in [3.05, 3.63) is 138 Å². The maximum atomic E-state index is 12.0. The molecular weight excluding hydrogens is 458 g/mol. The van der Waals surface area contributed by atoms with E-state index in [1.54, 1.807) is 12.1 Å². The molecule has 0 bridgehead atoms. The molecule has 5 aromatic carbocycles. The fraction of sp³-hybridized carbons (Fsp3) is 0. The van der Waals surface area contributed by atoms with Crippen molar-refractivity contribution >= 4 is 38.5 Å². The second-order valence-electron chi connectivity index (χ2n) is 9.03. The van der Waals surface area contributed by atoms with Crippen molar-refractivity contribution in [3.63, 3.8) is 0 Å². The average Bonchev–Trinajstić information content (AvgIpc) is 3.46. The Morgan fingerprint density at radius 1 is 0.514 bits per heavy atom. The van der Waals surface area contributed by atoms with Crippen molar-refractivity contribution < 1.29 is 4.92 Å². The lowest BCUT2D eigenvalue weighted by atomic mass is 9.99. The lowest BCUT2D eigenvalue weighted by Crippen LogP contribution is -1.95. The number of aromatic nitrogens is 2. The highest BCUT2D eigenvalue weighted by Gasteiger charge is 2.25. The molecule has 5 heteroatoms. The maximum absolute atomic E-state index is 12.0. The molecule has 176 valence electrons. The van der Waals surface area contributed by atoms with Gasteiger partial charge in [-0.05, 0) is 42.5 Å². The Kier molecular flexibility index (Phi) is 4.69. The second-order valence-corrected chi connectivity index (χ2v) is 9.03. The molecule has 0 unspecified atom stereocenters. The molecule has 7 aromatic rings. The molecule has 2 aromatic heterocycles. The van der Waals surface area contributed by atoms with Gasteiger partial charge in [0.05, 0.1) is 32.6 Å². The summed E-state index contributed by atoms with van der Waals surface area (Å²) in [5.74, 6) is 0. The predicted octanol–water partition coefficient (Wildman–Crippen LogP) is 8.30. The lowest BCUT2D eigenvalue weighted by molar-refractivity contribution is -0.384. The van der Waals surface area contributed by atoms with E-state index in [4.69, 9.17) is 0 Å². The summed E-state index contributed by atoms with van der Waals surface area (Å²) in [5.41, 5.74) is 7.81. The van der Waals surface area contributed by atoms with Crippen molar-refractivity contribution in [2.45, 2.75) is 0 Å². The van der Waals surface area contributed by atoms with Gasteiger partial charge in [-0.2, -0.15) is 0 Å². The minimum absolute atomic E-state index is 0.0954. The highest BCUT2D eigenvalue weighted by molar-refractivity contribution is 6.23. The highest BCUT2D eigenvalue weighted by Crippen LogP contribution is 2.45. The number of nitro benzene ring substituents is 1. The number of benzene rings is 5. The topological polar surface area (TPSA) is 53.0 Å². The number of hydrogen-bond acceptors (Lipinski definition) is 2. The van der Waals surface area contributed by atoms with E-state index in [-0.39, 0.29) is 10.6 Å². The van der Waals surface area contributed by atoms with Crippen LogP contribution in [0.5, 0.6) is 0 Å². The van der Waals surface area contributed by atoms with Crippen molar-refractivity contribution in [1.29, 1.82) is 0 Å². The zero-order valence-corrected chi connectivity index (χ0v) is 19.8. The van der Waals surface area contributed by atoms with Crippen LogP contribution < -0.4 is 0 Å². The molecule has 0 saturated carbocycles. The molecule has 0 atom stereocenters. The van der Waals surface area contributed by atoms with Crippen LogP contribution in [0.4, 0.5) is 5.69 Å². The normalized spacial score (nSPS) is 11.5. The zero-order valence-electron chi connectivity index (χ0n) is 19.8. The summed E-state index contributed by atoms with van der Waals surface area (Å²) in [6.45, 7) is 0. The van der Waals surface area contributed by atoms with Crippen LogP contribution in [0.2, 0.25) is 0 Å². The molecule has 7 rings (SSSR count). The summed E-state index contributed by atoms with van der Waals surface area (Å²) in [7, 11) is 0. The van der Waals surface area contributed by atoms with Crippen molar-refractivity contribution in [1.82, 2.24) is 9.13 Å². The molecule has 0 fully saturated rings. The Hall–Kier alpha value is -5.16. The fourth-order valence-corrected chi connectivity index (χ4v) is 5.55. The molecule has 0 amide bonds. The first-order valence-corrected chi connectivity index (χ1v) is 12.2. The zero-order chi connectivity index (χ0) is 24.9. The number of fused-ring (bicyclic) bond motifs is 5. The van der Waals surface area contributed by atoms with Gasteiger partial charge in [0.2, 0.25) is 0 Å². The van der Waals surface area contributed by atoms with Crippen molar-refractivity contribution in [2.75, 3.05) is 0 Å². The van der Waals surface area contributed by atoms with E-state index in [0.29, 0.717) is 5.56 Å². The fourth-order valence-electron chi connectivity index (χ4n) is 5.55. The third kappa shape index (κ3) is 3.11. The van der Waals surface area contributed by atoms with Crippen molar-refractivity contribution in [3.8, 4) is 22.5 Å². The molecular formula is C32H21N3O2. The summed E-state index contributed by atoms with van der Waals surface area (Å²) < 4.78 is 4.56. The predicted molar refractivity (Wildman–Crippen MR) is 150 cm³/mol. The van der Waals surface area contributed by atoms with Gasteiger partial charge in [0, 0.05) is 33.8 Å². The van der Waals surface area contributed by atoms with Gasteiger partial charge in [0.15, 0.2) is 0 Å². The summed E-state index contributed by atoms with van der Waals surface area (Å²) in [6, 6.07) is 42.1. The van der Waals surface area contributed by atoms with Gasteiger partial charge in [0.25, 0.3) is 5.69 Å². The van der Waals surface area contributed by atoms with E-state index < -0.39 is 0 Å². The Morgan fingerprint density at radius 2 is 1.05 bits per heavy atom. The van der Waals surface area contributed by atoms with E-state index in [1.807, 2.05) is 60.7 Å². The van der Waals surface area contributed by atoms with E-state index >= 15 is 0 Å². The summed E-state index contributed by atoms with van der Waals surface area (Å²) >= 11 is 0.